The summed E-state index contributed by atoms with van der Waals surface area (Å²) in [4.78, 5) is 11.5. The van der Waals surface area contributed by atoms with E-state index in [1.807, 2.05) is 6.92 Å². The fourth-order valence-corrected chi connectivity index (χ4v) is 5.57. The predicted octanol–water partition coefficient (Wildman–Crippen LogP) is 3.57. The third kappa shape index (κ3) is 2.28. The van der Waals surface area contributed by atoms with E-state index in [4.69, 9.17) is 4.74 Å². The number of carboxylic acid groups (broad SMARTS) is 1. The molecule has 3 heteroatoms. The van der Waals surface area contributed by atoms with Crippen molar-refractivity contribution in [1.82, 2.24) is 0 Å². The summed E-state index contributed by atoms with van der Waals surface area (Å²) >= 11 is 0. The lowest BCUT2D eigenvalue weighted by molar-refractivity contribution is -0.221. The van der Waals surface area contributed by atoms with Crippen LogP contribution in [0.4, 0.5) is 0 Å². The van der Waals surface area contributed by atoms with Gasteiger partial charge in [-0.25, -0.2) is 0 Å². The van der Waals surface area contributed by atoms with E-state index in [1.54, 1.807) is 0 Å². The number of carbonyl (C=O) groups is 1. The zero-order chi connectivity index (χ0) is 14.5. The lowest BCUT2D eigenvalue weighted by Crippen LogP contribution is -2.61. The van der Waals surface area contributed by atoms with Gasteiger partial charge in [0.05, 0.1) is 11.5 Å². The fourth-order valence-electron chi connectivity index (χ4n) is 5.57. The third-order valence-corrected chi connectivity index (χ3v) is 5.95. The van der Waals surface area contributed by atoms with Crippen molar-refractivity contribution >= 4 is 5.97 Å². The number of rotatable bonds is 5. The molecule has 4 unspecified atom stereocenters. The van der Waals surface area contributed by atoms with Crippen LogP contribution in [0.5, 0.6) is 0 Å². The van der Waals surface area contributed by atoms with E-state index in [0.717, 1.165) is 31.3 Å². The molecule has 0 aliphatic heterocycles. The highest BCUT2D eigenvalue weighted by molar-refractivity contribution is 5.70. The molecular weight excluding hydrogens is 252 g/mol. The molecule has 0 aromatic carbocycles. The maximum atomic E-state index is 11.5. The minimum absolute atomic E-state index is 0.128. The van der Waals surface area contributed by atoms with Gasteiger partial charge in [0, 0.05) is 12.5 Å². The topological polar surface area (TPSA) is 46.5 Å². The minimum atomic E-state index is -0.644. The first-order chi connectivity index (χ1) is 9.41. The van der Waals surface area contributed by atoms with Crippen LogP contribution in [-0.2, 0) is 9.53 Å². The lowest BCUT2D eigenvalue weighted by atomic mass is 9.47. The van der Waals surface area contributed by atoms with Crippen LogP contribution in [-0.4, -0.2) is 23.3 Å². The van der Waals surface area contributed by atoms with Crippen LogP contribution >= 0.6 is 0 Å². The quantitative estimate of drug-likeness (QED) is 0.837. The Labute approximate surface area is 122 Å². The summed E-state index contributed by atoms with van der Waals surface area (Å²) in [5.41, 5.74) is -0.128. The molecule has 0 heterocycles. The van der Waals surface area contributed by atoms with Crippen molar-refractivity contribution in [3.63, 3.8) is 0 Å². The van der Waals surface area contributed by atoms with Crippen LogP contribution in [0.2, 0.25) is 0 Å². The second-order valence-corrected chi connectivity index (χ2v) is 8.03. The molecule has 0 aromatic heterocycles. The van der Waals surface area contributed by atoms with Gasteiger partial charge in [0.2, 0.25) is 0 Å². The molecule has 4 fully saturated rings. The smallest absolute Gasteiger partial charge is 0.306 e. The molecule has 4 saturated carbocycles. The third-order valence-electron chi connectivity index (χ3n) is 5.95. The molecule has 114 valence electrons. The fraction of sp³-hybridized carbons (Fsp3) is 0.941. The van der Waals surface area contributed by atoms with E-state index in [2.05, 4.69) is 13.8 Å². The molecule has 0 radical (unpaired) electrons. The Balaban J connectivity index is 1.87. The Morgan fingerprint density at radius 3 is 2.30 bits per heavy atom. The van der Waals surface area contributed by atoms with Gasteiger partial charge in [-0.2, -0.15) is 0 Å². The van der Waals surface area contributed by atoms with Crippen LogP contribution in [0.25, 0.3) is 0 Å². The minimum Gasteiger partial charge on any atom is -0.481 e. The van der Waals surface area contributed by atoms with Crippen LogP contribution < -0.4 is 0 Å². The molecule has 0 aromatic rings. The molecule has 3 nitrogen and oxygen atoms in total. The molecule has 1 N–H and O–H groups in total. The predicted molar refractivity (Wildman–Crippen MR) is 77.4 cm³/mol. The largest absolute Gasteiger partial charge is 0.481 e. The molecule has 4 bridgehead atoms. The number of hydrogen-bond acceptors (Lipinski definition) is 2. The van der Waals surface area contributed by atoms with Crippen molar-refractivity contribution in [1.29, 1.82) is 0 Å². The molecule has 4 atom stereocenters. The summed E-state index contributed by atoms with van der Waals surface area (Å²) in [6, 6.07) is 0. The lowest BCUT2D eigenvalue weighted by Gasteiger charge is -2.61. The van der Waals surface area contributed by atoms with E-state index < -0.39 is 5.97 Å². The van der Waals surface area contributed by atoms with E-state index >= 15 is 0 Å². The van der Waals surface area contributed by atoms with Gasteiger partial charge in [0.15, 0.2) is 0 Å². The molecule has 4 aliphatic carbocycles. The summed E-state index contributed by atoms with van der Waals surface area (Å²) in [6.07, 6.45) is 6.05. The van der Waals surface area contributed by atoms with Crippen molar-refractivity contribution in [2.24, 2.45) is 35.5 Å². The van der Waals surface area contributed by atoms with E-state index in [1.165, 1.54) is 19.3 Å². The summed E-state index contributed by atoms with van der Waals surface area (Å²) in [6.45, 7) is 7.02. The second kappa shape index (κ2) is 5.01. The van der Waals surface area contributed by atoms with Crippen molar-refractivity contribution in [3.8, 4) is 0 Å². The first kappa shape index (κ1) is 14.4. The Morgan fingerprint density at radius 1 is 1.20 bits per heavy atom. The Kier molecular flexibility index (Phi) is 3.60. The summed E-state index contributed by atoms with van der Waals surface area (Å²) < 4.78 is 6.42. The van der Waals surface area contributed by atoms with Gasteiger partial charge in [-0.1, -0.05) is 20.8 Å². The molecule has 4 rings (SSSR count). The molecule has 0 saturated heterocycles. The molecule has 20 heavy (non-hydrogen) atoms. The Morgan fingerprint density at radius 2 is 1.80 bits per heavy atom. The van der Waals surface area contributed by atoms with Crippen LogP contribution in [0.1, 0.15) is 52.9 Å². The highest BCUT2D eigenvalue weighted by atomic mass is 16.5. The maximum absolute atomic E-state index is 11.5. The van der Waals surface area contributed by atoms with Crippen LogP contribution in [0.3, 0.4) is 0 Å². The molecule has 0 amide bonds. The van der Waals surface area contributed by atoms with Gasteiger partial charge >= 0.3 is 5.97 Å². The van der Waals surface area contributed by atoms with Gasteiger partial charge in [-0.05, 0) is 55.8 Å². The van der Waals surface area contributed by atoms with Gasteiger partial charge < -0.3 is 9.84 Å². The highest BCUT2D eigenvalue weighted by Crippen LogP contribution is 2.61. The molecule has 0 spiro atoms. The summed E-state index contributed by atoms with van der Waals surface area (Å²) in [5.74, 6) is 1.99. The van der Waals surface area contributed by atoms with Gasteiger partial charge in [-0.15, -0.1) is 0 Å². The zero-order valence-corrected chi connectivity index (χ0v) is 13.0. The van der Waals surface area contributed by atoms with Gasteiger partial charge in [0.25, 0.3) is 0 Å². The highest BCUT2D eigenvalue weighted by Gasteiger charge is 2.60. The zero-order valence-electron chi connectivity index (χ0n) is 13.0. The first-order valence-corrected chi connectivity index (χ1v) is 8.28. The number of ether oxygens (including phenoxy) is 1. The van der Waals surface area contributed by atoms with E-state index in [0.29, 0.717) is 11.8 Å². The SMILES string of the molecule is CC(C)COC12CC3CC(CC(C3)C1C(C)C(=O)O)C2. The standard InChI is InChI=1S/C17H28O3/c1-10(2)9-20-17-7-12-4-13(8-17)6-14(5-12)15(17)11(3)16(18)19/h10-15H,4-9H2,1-3H3,(H,18,19). The van der Waals surface area contributed by atoms with Gasteiger partial charge in [0.1, 0.15) is 0 Å². The van der Waals surface area contributed by atoms with Gasteiger partial charge in [-0.3, -0.25) is 4.79 Å². The van der Waals surface area contributed by atoms with Crippen LogP contribution in [0, 0.1) is 35.5 Å². The Bertz CT molecular complexity index is 376. The van der Waals surface area contributed by atoms with Crippen LogP contribution in [0.15, 0.2) is 0 Å². The summed E-state index contributed by atoms with van der Waals surface area (Å²) in [5, 5.41) is 9.50. The number of carboxylic acids is 1. The second-order valence-electron chi connectivity index (χ2n) is 8.03. The number of aliphatic carboxylic acids is 1. The Hall–Kier alpha value is -0.570. The molecular formula is C17H28O3. The number of hydrogen-bond donors (Lipinski definition) is 1. The van der Waals surface area contributed by atoms with Crippen molar-refractivity contribution in [2.75, 3.05) is 6.61 Å². The average molecular weight is 280 g/mol. The first-order valence-electron chi connectivity index (χ1n) is 8.28. The van der Waals surface area contributed by atoms with E-state index in [-0.39, 0.29) is 17.4 Å². The summed E-state index contributed by atoms with van der Waals surface area (Å²) in [7, 11) is 0. The van der Waals surface area contributed by atoms with Crippen molar-refractivity contribution in [2.45, 2.75) is 58.5 Å². The van der Waals surface area contributed by atoms with E-state index in [9.17, 15) is 9.90 Å². The monoisotopic (exact) mass is 280 g/mol. The average Bonchev–Trinajstić information content (AvgIpc) is 2.34. The normalized spacial score (nSPS) is 44.0. The molecule has 4 aliphatic rings. The van der Waals surface area contributed by atoms with Crippen molar-refractivity contribution in [3.05, 3.63) is 0 Å². The van der Waals surface area contributed by atoms with Crippen molar-refractivity contribution < 1.29 is 14.6 Å². The maximum Gasteiger partial charge on any atom is 0.306 e.